The van der Waals surface area contributed by atoms with Gasteiger partial charge in [-0.05, 0) is 19.3 Å². The normalized spacial score (nSPS) is 24.5. The summed E-state index contributed by atoms with van der Waals surface area (Å²) in [5, 5.41) is 2.95. The van der Waals surface area contributed by atoms with Crippen molar-refractivity contribution < 1.29 is 4.79 Å². The molecule has 3 N–H and O–H groups in total. The second-order valence-corrected chi connectivity index (χ2v) is 4.86. The van der Waals surface area contributed by atoms with Gasteiger partial charge in [-0.25, -0.2) is 0 Å². The van der Waals surface area contributed by atoms with Crippen LogP contribution in [-0.4, -0.2) is 42.5 Å². The lowest BCUT2D eigenvalue weighted by atomic mass is 10.2. The Hall–Kier alpha value is -0.610. The first-order valence-electron chi connectivity index (χ1n) is 5.78. The first-order chi connectivity index (χ1) is 7.00. The lowest BCUT2D eigenvalue weighted by Gasteiger charge is -2.23. The van der Waals surface area contributed by atoms with E-state index < -0.39 is 0 Å². The van der Waals surface area contributed by atoms with E-state index >= 15 is 0 Å². The van der Waals surface area contributed by atoms with E-state index in [1.165, 1.54) is 0 Å². The van der Waals surface area contributed by atoms with E-state index in [1.54, 1.807) is 0 Å². The van der Waals surface area contributed by atoms with E-state index in [-0.39, 0.29) is 18.0 Å². The quantitative estimate of drug-likeness (QED) is 0.700. The molecule has 15 heavy (non-hydrogen) atoms. The molecule has 4 nitrogen and oxygen atoms in total. The van der Waals surface area contributed by atoms with Crippen molar-refractivity contribution >= 4 is 5.91 Å². The number of amides is 1. The molecule has 1 saturated heterocycles. The second kappa shape index (κ2) is 5.47. The molecular weight excluding hydrogens is 190 g/mol. The predicted molar refractivity (Wildman–Crippen MR) is 61.5 cm³/mol. The van der Waals surface area contributed by atoms with Gasteiger partial charge in [0.25, 0.3) is 0 Å². The van der Waals surface area contributed by atoms with Gasteiger partial charge in [0.15, 0.2) is 0 Å². The summed E-state index contributed by atoms with van der Waals surface area (Å²) >= 11 is 0. The zero-order valence-electron chi connectivity index (χ0n) is 9.99. The van der Waals surface area contributed by atoms with Gasteiger partial charge >= 0.3 is 0 Å². The molecule has 4 heteroatoms. The van der Waals surface area contributed by atoms with Crippen LogP contribution in [0.25, 0.3) is 0 Å². The molecule has 0 aromatic rings. The average Bonchev–Trinajstić information content (AvgIpc) is 2.60. The van der Waals surface area contributed by atoms with Crippen LogP contribution in [0.2, 0.25) is 0 Å². The number of nitrogens with zero attached hydrogens (tertiary/aromatic N) is 1. The van der Waals surface area contributed by atoms with Crippen LogP contribution in [0.4, 0.5) is 0 Å². The molecule has 1 heterocycles. The van der Waals surface area contributed by atoms with Crippen LogP contribution in [0.15, 0.2) is 0 Å². The maximum atomic E-state index is 11.7. The fraction of sp³-hybridized carbons (Fsp3) is 0.909. The molecule has 1 aliphatic rings. The molecule has 2 atom stereocenters. The maximum Gasteiger partial charge on any atom is 0.237 e. The Kier molecular flexibility index (Phi) is 4.54. The zero-order chi connectivity index (χ0) is 11.4. The Labute approximate surface area is 92.2 Å². The van der Waals surface area contributed by atoms with Gasteiger partial charge in [-0.2, -0.15) is 0 Å². The summed E-state index contributed by atoms with van der Waals surface area (Å²) in [6.07, 6.45) is 1.00. The Morgan fingerprint density at radius 1 is 1.53 bits per heavy atom. The number of likely N-dealkylation sites (tertiary alicyclic amines) is 1. The summed E-state index contributed by atoms with van der Waals surface area (Å²) in [5.74, 6) is 0.625. The van der Waals surface area contributed by atoms with Gasteiger partial charge in [-0.1, -0.05) is 13.8 Å². The minimum Gasteiger partial charge on any atom is -0.354 e. The number of hydrogen-bond donors (Lipinski definition) is 2. The number of carbonyl (C=O) groups excluding carboxylic acids is 1. The Morgan fingerprint density at radius 3 is 2.67 bits per heavy atom. The topological polar surface area (TPSA) is 58.4 Å². The SMILES string of the molecule is CC(C)CNC(=O)C(C)N1CCC(N)C1. The van der Waals surface area contributed by atoms with Crippen molar-refractivity contribution in [3.05, 3.63) is 0 Å². The molecule has 0 aliphatic carbocycles. The van der Waals surface area contributed by atoms with Gasteiger partial charge in [0.05, 0.1) is 6.04 Å². The number of carbonyl (C=O) groups is 1. The van der Waals surface area contributed by atoms with Gasteiger partial charge in [0.1, 0.15) is 0 Å². The van der Waals surface area contributed by atoms with Gasteiger partial charge < -0.3 is 11.1 Å². The third-order valence-corrected chi connectivity index (χ3v) is 2.87. The van der Waals surface area contributed by atoms with Crippen molar-refractivity contribution in [2.24, 2.45) is 11.7 Å². The van der Waals surface area contributed by atoms with E-state index in [2.05, 4.69) is 24.1 Å². The summed E-state index contributed by atoms with van der Waals surface area (Å²) in [7, 11) is 0. The van der Waals surface area contributed by atoms with E-state index in [9.17, 15) is 4.79 Å². The van der Waals surface area contributed by atoms with Crippen LogP contribution in [0.1, 0.15) is 27.2 Å². The summed E-state index contributed by atoms with van der Waals surface area (Å²) in [5.41, 5.74) is 5.81. The summed E-state index contributed by atoms with van der Waals surface area (Å²) in [6, 6.07) is 0.197. The Bertz CT molecular complexity index is 218. The first-order valence-corrected chi connectivity index (χ1v) is 5.78. The van der Waals surface area contributed by atoms with Crippen molar-refractivity contribution in [3.63, 3.8) is 0 Å². The average molecular weight is 213 g/mol. The first kappa shape index (κ1) is 12.5. The van der Waals surface area contributed by atoms with Crippen molar-refractivity contribution in [2.45, 2.75) is 39.3 Å². The largest absolute Gasteiger partial charge is 0.354 e. The number of nitrogens with one attached hydrogen (secondary N) is 1. The maximum absolute atomic E-state index is 11.7. The van der Waals surface area contributed by atoms with Crippen molar-refractivity contribution in [1.82, 2.24) is 10.2 Å². The predicted octanol–water partition coefficient (Wildman–Crippen LogP) is 0.180. The molecule has 0 aromatic carbocycles. The summed E-state index contributed by atoms with van der Waals surface area (Å²) in [6.45, 7) is 8.68. The molecule has 0 aromatic heterocycles. The third-order valence-electron chi connectivity index (χ3n) is 2.87. The molecule has 1 rings (SSSR count). The molecule has 2 unspecified atom stereocenters. The summed E-state index contributed by atoms with van der Waals surface area (Å²) in [4.78, 5) is 13.9. The lowest BCUT2D eigenvalue weighted by molar-refractivity contribution is -0.125. The molecule has 88 valence electrons. The second-order valence-electron chi connectivity index (χ2n) is 4.86. The van der Waals surface area contributed by atoms with E-state index in [1.807, 2.05) is 6.92 Å². The molecule has 0 bridgehead atoms. The van der Waals surface area contributed by atoms with Crippen LogP contribution in [0.3, 0.4) is 0 Å². The van der Waals surface area contributed by atoms with E-state index in [4.69, 9.17) is 5.73 Å². The minimum atomic E-state index is -0.0442. The Morgan fingerprint density at radius 2 is 2.20 bits per heavy atom. The highest BCUT2D eigenvalue weighted by Gasteiger charge is 2.27. The molecule has 1 amide bonds. The highest BCUT2D eigenvalue weighted by molar-refractivity contribution is 5.81. The molecule has 1 aliphatic heterocycles. The van der Waals surface area contributed by atoms with Crippen molar-refractivity contribution in [2.75, 3.05) is 19.6 Å². The molecule has 0 saturated carbocycles. The number of rotatable bonds is 4. The molecular formula is C11H23N3O. The van der Waals surface area contributed by atoms with Crippen LogP contribution in [-0.2, 0) is 4.79 Å². The van der Waals surface area contributed by atoms with Gasteiger partial charge in [0, 0.05) is 25.7 Å². The number of hydrogen-bond acceptors (Lipinski definition) is 3. The van der Waals surface area contributed by atoms with E-state index in [0.717, 1.165) is 26.1 Å². The lowest BCUT2D eigenvalue weighted by Crippen LogP contribution is -2.45. The van der Waals surface area contributed by atoms with Crippen molar-refractivity contribution in [1.29, 1.82) is 0 Å². The zero-order valence-corrected chi connectivity index (χ0v) is 9.99. The summed E-state index contributed by atoms with van der Waals surface area (Å²) < 4.78 is 0. The number of nitrogens with two attached hydrogens (primary N) is 1. The van der Waals surface area contributed by atoms with Gasteiger partial charge in [0.2, 0.25) is 5.91 Å². The highest BCUT2D eigenvalue weighted by Crippen LogP contribution is 2.10. The minimum absolute atomic E-state index is 0.0442. The van der Waals surface area contributed by atoms with Gasteiger partial charge in [-0.15, -0.1) is 0 Å². The van der Waals surface area contributed by atoms with Crippen molar-refractivity contribution in [3.8, 4) is 0 Å². The smallest absolute Gasteiger partial charge is 0.237 e. The monoisotopic (exact) mass is 213 g/mol. The van der Waals surface area contributed by atoms with E-state index in [0.29, 0.717) is 5.92 Å². The van der Waals surface area contributed by atoms with Crippen LogP contribution in [0.5, 0.6) is 0 Å². The van der Waals surface area contributed by atoms with Gasteiger partial charge in [-0.3, -0.25) is 9.69 Å². The molecule has 1 fully saturated rings. The van der Waals surface area contributed by atoms with Crippen LogP contribution < -0.4 is 11.1 Å². The molecule has 0 spiro atoms. The highest BCUT2D eigenvalue weighted by atomic mass is 16.2. The third kappa shape index (κ3) is 3.80. The standard InChI is InChI=1S/C11H23N3O/c1-8(2)6-13-11(15)9(3)14-5-4-10(12)7-14/h8-10H,4-7,12H2,1-3H3,(H,13,15). The molecule has 0 radical (unpaired) electrons. The van der Waals surface area contributed by atoms with Crippen LogP contribution >= 0.6 is 0 Å². The Balaban J connectivity index is 2.32. The van der Waals surface area contributed by atoms with Crippen LogP contribution in [0, 0.1) is 5.92 Å². The fourth-order valence-electron chi connectivity index (χ4n) is 1.79. The fourth-order valence-corrected chi connectivity index (χ4v) is 1.79.